The number of nitrogens with one attached hydrogen (secondary N) is 1. The molecule has 1 aromatic heterocycles. The predicted molar refractivity (Wildman–Crippen MR) is 122 cm³/mol. The summed E-state index contributed by atoms with van der Waals surface area (Å²) in [5, 5.41) is 12.8. The van der Waals surface area contributed by atoms with E-state index in [4.69, 9.17) is 4.74 Å². The van der Waals surface area contributed by atoms with Gasteiger partial charge in [-0.05, 0) is 49.3 Å². The minimum absolute atomic E-state index is 0.0642. The average molecular weight is 452 g/mol. The molecule has 0 radical (unpaired) electrons. The van der Waals surface area contributed by atoms with Crippen LogP contribution >= 0.6 is 11.3 Å². The Morgan fingerprint density at radius 1 is 1.28 bits per heavy atom. The Labute approximate surface area is 191 Å². The van der Waals surface area contributed by atoms with Crippen LogP contribution < -0.4 is 10.2 Å². The van der Waals surface area contributed by atoms with Crippen LogP contribution in [0.2, 0.25) is 0 Å². The number of amides is 2. The van der Waals surface area contributed by atoms with Gasteiger partial charge in [0.15, 0.2) is 6.61 Å². The van der Waals surface area contributed by atoms with Crippen LogP contribution in [0.15, 0.2) is 24.3 Å². The zero-order chi connectivity index (χ0) is 22.7. The predicted octanol–water partition coefficient (Wildman–Crippen LogP) is 3.60. The number of hydrogen-bond donors (Lipinski definition) is 1. The van der Waals surface area contributed by atoms with Crippen molar-refractivity contribution in [2.24, 2.45) is 5.92 Å². The molecule has 2 amide bonds. The van der Waals surface area contributed by atoms with E-state index in [1.807, 2.05) is 31.2 Å². The van der Waals surface area contributed by atoms with Gasteiger partial charge in [-0.15, -0.1) is 11.3 Å². The van der Waals surface area contributed by atoms with Crippen molar-refractivity contribution in [2.75, 3.05) is 23.4 Å². The van der Waals surface area contributed by atoms with Gasteiger partial charge in [0, 0.05) is 23.5 Å². The van der Waals surface area contributed by atoms with Crippen molar-refractivity contribution in [3.8, 4) is 6.07 Å². The summed E-state index contributed by atoms with van der Waals surface area (Å²) in [6.45, 7) is 1.82. The van der Waals surface area contributed by atoms with E-state index in [1.165, 1.54) is 11.3 Å². The molecule has 1 aromatic carbocycles. The van der Waals surface area contributed by atoms with Gasteiger partial charge < -0.3 is 15.0 Å². The third-order valence-electron chi connectivity index (χ3n) is 6.00. The third-order valence-corrected chi connectivity index (χ3v) is 7.21. The monoisotopic (exact) mass is 451 g/mol. The van der Waals surface area contributed by atoms with Crippen molar-refractivity contribution >= 4 is 39.8 Å². The number of nitriles is 1. The van der Waals surface area contributed by atoms with E-state index in [-0.39, 0.29) is 18.9 Å². The SMILES string of the molecule is CCc1ccccc1N1CC(C(=O)OCC(=O)Nc2sc3c(c2C#N)CCCC3)CC1=O. The number of aryl methyl sites for hydroxylation is 2. The lowest BCUT2D eigenvalue weighted by atomic mass is 9.96. The molecular formula is C24H25N3O4S. The fourth-order valence-corrected chi connectivity index (χ4v) is 5.62. The summed E-state index contributed by atoms with van der Waals surface area (Å²) in [5.74, 6) is -1.77. The largest absolute Gasteiger partial charge is 0.455 e. The molecule has 2 heterocycles. The van der Waals surface area contributed by atoms with Crippen molar-refractivity contribution in [1.82, 2.24) is 0 Å². The highest BCUT2D eigenvalue weighted by Gasteiger charge is 2.37. The van der Waals surface area contributed by atoms with E-state index in [0.717, 1.165) is 53.8 Å². The van der Waals surface area contributed by atoms with Crippen LogP contribution in [-0.4, -0.2) is 30.9 Å². The number of esters is 1. The van der Waals surface area contributed by atoms with Crippen LogP contribution in [0.25, 0.3) is 0 Å². The molecular weight excluding hydrogens is 426 g/mol. The standard InChI is InChI=1S/C24H25N3O4S/c1-2-15-7-3-5-9-19(15)27-13-16(11-22(27)29)24(30)31-14-21(28)26-23-18(12-25)17-8-4-6-10-20(17)32-23/h3,5,7,9,16H,2,4,6,8,10-11,13-14H2,1H3,(H,26,28). The molecule has 166 valence electrons. The second-order valence-electron chi connectivity index (χ2n) is 8.07. The second kappa shape index (κ2) is 9.53. The first kappa shape index (κ1) is 22.0. The normalized spacial score (nSPS) is 17.6. The second-order valence-corrected chi connectivity index (χ2v) is 9.18. The number of hydrogen-bond acceptors (Lipinski definition) is 6. The fourth-order valence-electron chi connectivity index (χ4n) is 4.36. The van der Waals surface area contributed by atoms with Crippen LogP contribution in [0.1, 0.15) is 47.8 Å². The van der Waals surface area contributed by atoms with Gasteiger partial charge in [-0.25, -0.2) is 0 Å². The molecule has 0 saturated carbocycles. The van der Waals surface area contributed by atoms with Crippen LogP contribution in [0.4, 0.5) is 10.7 Å². The lowest BCUT2D eigenvalue weighted by Gasteiger charge is -2.19. The Morgan fingerprint density at radius 3 is 2.84 bits per heavy atom. The highest BCUT2D eigenvalue weighted by atomic mass is 32.1. The number of ether oxygens (including phenoxy) is 1. The summed E-state index contributed by atoms with van der Waals surface area (Å²) < 4.78 is 5.22. The minimum Gasteiger partial charge on any atom is -0.455 e. The summed E-state index contributed by atoms with van der Waals surface area (Å²) in [4.78, 5) is 40.2. The van der Waals surface area contributed by atoms with Gasteiger partial charge in [0.2, 0.25) is 5.91 Å². The van der Waals surface area contributed by atoms with Crippen LogP contribution in [0, 0.1) is 17.2 Å². The number of nitrogens with zero attached hydrogens (tertiary/aromatic N) is 2. The smallest absolute Gasteiger partial charge is 0.311 e. The summed E-state index contributed by atoms with van der Waals surface area (Å²) in [6, 6.07) is 9.84. The average Bonchev–Trinajstić information content (AvgIpc) is 3.37. The molecule has 4 rings (SSSR count). The number of carbonyl (C=O) groups excluding carboxylic acids is 3. The van der Waals surface area contributed by atoms with E-state index < -0.39 is 24.4 Å². The first-order valence-electron chi connectivity index (χ1n) is 10.9. The quantitative estimate of drug-likeness (QED) is 0.677. The van der Waals surface area contributed by atoms with E-state index in [9.17, 15) is 19.6 Å². The van der Waals surface area contributed by atoms with Gasteiger partial charge in [0.1, 0.15) is 11.1 Å². The molecule has 32 heavy (non-hydrogen) atoms. The lowest BCUT2D eigenvalue weighted by Crippen LogP contribution is -2.28. The van der Waals surface area contributed by atoms with Crippen molar-refractivity contribution in [1.29, 1.82) is 5.26 Å². The highest BCUT2D eigenvalue weighted by Crippen LogP contribution is 2.37. The first-order chi connectivity index (χ1) is 15.5. The number of anilines is 2. The number of carbonyl (C=O) groups is 3. The molecule has 1 unspecified atom stereocenters. The molecule has 0 spiro atoms. The van der Waals surface area contributed by atoms with Crippen molar-refractivity contribution in [3.05, 3.63) is 45.8 Å². The molecule has 1 N–H and O–H groups in total. The van der Waals surface area contributed by atoms with Crippen molar-refractivity contribution in [2.45, 2.75) is 45.4 Å². The van der Waals surface area contributed by atoms with Gasteiger partial charge >= 0.3 is 5.97 Å². The number of benzene rings is 1. The first-order valence-corrected chi connectivity index (χ1v) is 11.7. The maximum absolute atomic E-state index is 12.5. The highest BCUT2D eigenvalue weighted by molar-refractivity contribution is 7.16. The van der Waals surface area contributed by atoms with Gasteiger partial charge in [-0.1, -0.05) is 25.1 Å². The van der Waals surface area contributed by atoms with E-state index in [0.29, 0.717) is 10.6 Å². The molecule has 0 bridgehead atoms. The molecule has 8 heteroatoms. The molecule has 2 aliphatic rings. The van der Waals surface area contributed by atoms with E-state index >= 15 is 0 Å². The topological polar surface area (TPSA) is 99.5 Å². The summed E-state index contributed by atoms with van der Waals surface area (Å²) in [5.41, 5.74) is 3.42. The Kier molecular flexibility index (Phi) is 6.56. The zero-order valence-electron chi connectivity index (χ0n) is 18.0. The number of fused-ring (bicyclic) bond motifs is 1. The van der Waals surface area contributed by atoms with Gasteiger partial charge in [0.25, 0.3) is 5.91 Å². The van der Waals surface area contributed by atoms with Crippen LogP contribution in [-0.2, 0) is 38.4 Å². The van der Waals surface area contributed by atoms with Crippen LogP contribution in [0.5, 0.6) is 0 Å². The maximum atomic E-state index is 12.5. The van der Waals surface area contributed by atoms with Crippen LogP contribution in [0.3, 0.4) is 0 Å². The van der Waals surface area contributed by atoms with Gasteiger partial charge in [0.05, 0.1) is 11.5 Å². The summed E-state index contributed by atoms with van der Waals surface area (Å²) in [7, 11) is 0. The fraction of sp³-hybridized carbons (Fsp3) is 0.417. The Balaban J connectivity index is 1.34. The molecule has 1 atom stereocenters. The Bertz CT molecular complexity index is 1100. The van der Waals surface area contributed by atoms with Crippen molar-refractivity contribution in [3.63, 3.8) is 0 Å². The molecule has 7 nitrogen and oxygen atoms in total. The van der Waals surface area contributed by atoms with Gasteiger partial charge in [-0.3, -0.25) is 14.4 Å². The zero-order valence-corrected chi connectivity index (χ0v) is 18.8. The maximum Gasteiger partial charge on any atom is 0.311 e. The summed E-state index contributed by atoms with van der Waals surface area (Å²) >= 11 is 1.43. The lowest BCUT2D eigenvalue weighted by molar-refractivity contribution is -0.151. The summed E-state index contributed by atoms with van der Waals surface area (Å²) in [6.07, 6.45) is 4.76. The number of thiophene rings is 1. The third kappa shape index (κ3) is 4.39. The molecule has 1 aliphatic carbocycles. The van der Waals surface area contributed by atoms with E-state index in [2.05, 4.69) is 11.4 Å². The number of para-hydroxylation sites is 1. The Morgan fingerprint density at radius 2 is 2.06 bits per heavy atom. The van der Waals surface area contributed by atoms with Crippen molar-refractivity contribution < 1.29 is 19.1 Å². The van der Waals surface area contributed by atoms with E-state index in [1.54, 1.807) is 4.90 Å². The number of rotatable bonds is 6. The minimum atomic E-state index is -0.607. The molecule has 1 saturated heterocycles. The van der Waals surface area contributed by atoms with Gasteiger partial charge in [-0.2, -0.15) is 5.26 Å². The Hall–Kier alpha value is -3.18. The molecule has 2 aromatic rings. The molecule has 1 aliphatic heterocycles. The molecule has 1 fully saturated rings.